The summed E-state index contributed by atoms with van der Waals surface area (Å²) in [5, 5.41) is 12.8. The molecule has 0 spiro atoms. The van der Waals surface area contributed by atoms with Crippen molar-refractivity contribution in [1.29, 1.82) is 0 Å². The molecule has 1 aliphatic rings. The zero-order valence-corrected chi connectivity index (χ0v) is 14.2. The van der Waals surface area contributed by atoms with Crippen LogP contribution in [0.1, 0.15) is 32.3 Å². The Morgan fingerprint density at radius 1 is 1.58 bits per heavy atom. The van der Waals surface area contributed by atoms with Crippen molar-refractivity contribution in [2.24, 2.45) is 5.16 Å². The van der Waals surface area contributed by atoms with Gasteiger partial charge in [-0.25, -0.2) is 9.18 Å². The SMILES string of the molecule is CCCCOC1CON=C1c1cc(Cl)c(F)cc1O[C@@H](C)C(=O)O. The molecule has 0 radical (unpaired) electrons. The van der Waals surface area contributed by atoms with E-state index in [2.05, 4.69) is 5.16 Å². The van der Waals surface area contributed by atoms with E-state index >= 15 is 0 Å². The first-order chi connectivity index (χ1) is 11.4. The van der Waals surface area contributed by atoms with Crippen LogP contribution < -0.4 is 4.74 Å². The van der Waals surface area contributed by atoms with Crippen molar-refractivity contribution in [2.45, 2.75) is 38.9 Å². The van der Waals surface area contributed by atoms with Gasteiger partial charge in [-0.3, -0.25) is 0 Å². The predicted molar refractivity (Wildman–Crippen MR) is 86.3 cm³/mol. The zero-order chi connectivity index (χ0) is 17.7. The Hall–Kier alpha value is -1.86. The predicted octanol–water partition coefficient (Wildman–Crippen LogP) is 3.25. The number of rotatable bonds is 8. The number of benzene rings is 1. The van der Waals surface area contributed by atoms with Crippen molar-refractivity contribution < 1.29 is 28.6 Å². The summed E-state index contributed by atoms with van der Waals surface area (Å²) >= 11 is 5.85. The molecule has 6 nitrogen and oxygen atoms in total. The van der Waals surface area contributed by atoms with Crippen LogP contribution in [0.3, 0.4) is 0 Å². The molecule has 0 bridgehead atoms. The molecule has 0 aromatic heterocycles. The lowest BCUT2D eigenvalue weighted by Crippen LogP contribution is -2.28. The minimum atomic E-state index is -1.17. The second-order valence-corrected chi connectivity index (χ2v) is 5.75. The molecule has 0 amide bonds. The van der Waals surface area contributed by atoms with Crippen LogP contribution in [0.25, 0.3) is 0 Å². The zero-order valence-electron chi connectivity index (χ0n) is 13.4. The van der Waals surface area contributed by atoms with E-state index in [1.54, 1.807) is 0 Å². The van der Waals surface area contributed by atoms with Gasteiger partial charge in [0, 0.05) is 18.2 Å². The standard InChI is InChI=1S/C16H19ClFNO5/c1-3-4-5-22-14-8-23-19-15(14)10-6-11(17)12(18)7-13(10)24-9(2)16(20)21/h6-7,9,14H,3-5,8H2,1-2H3,(H,20,21)/t9-,14?/m0/s1. The number of oxime groups is 1. The highest BCUT2D eigenvalue weighted by Crippen LogP contribution is 2.30. The molecule has 2 atom stereocenters. The number of aliphatic carboxylic acids is 1. The molecule has 1 unspecified atom stereocenters. The number of ether oxygens (including phenoxy) is 2. The second-order valence-electron chi connectivity index (χ2n) is 5.35. The normalized spacial score (nSPS) is 18.0. The van der Waals surface area contributed by atoms with Gasteiger partial charge in [-0.15, -0.1) is 0 Å². The molecule has 1 heterocycles. The van der Waals surface area contributed by atoms with Crippen molar-refractivity contribution in [1.82, 2.24) is 0 Å². The van der Waals surface area contributed by atoms with Gasteiger partial charge in [0.05, 0.1) is 5.02 Å². The highest BCUT2D eigenvalue weighted by atomic mass is 35.5. The Labute approximate surface area is 144 Å². The van der Waals surface area contributed by atoms with Gasteiger partial charge in [-0.2, -0.15) is 0 Å². The minimum Gasteiger partial charge on any atom is -0.479 e. The lowest BCUT2D eigenvalue weighted by Gasteiger charge is -2.17. The van der Waals surface area contributed by atoms with Crippen LogP contribution in [-0.4, -0.2) is 42.2 Å². The second kappa shape index (κ2) is 8.30. The Morgan fingerprint density at radius 2 is 2.33 bits per heavy atom. The van der Waals surface area contributed by atoms with Crippen LogP contribution in [0.15, 0.2) is 17.3 Å². The number of nitrogens with zero attached hydrogens (tertiary/aromatic N) is 1. The molecule has 0 fully saturated rings. The third-order valence-corrected chi connectivity index (χ3v) is 3.75. The number of carboxylic acids is 1. The molecule has 0 saturated carbocycles. The number of halogens is 2. The van der Waals surface area contributed by atoms with Crippen molar-refractivity contribution in [3.8, 4) is 5.75 Å². The molecule has 1 aromatic rings. The molecule has 1 N–H and O–H groups in total. The molecule has 2 rings (SSSR count). The summed E-state index contributed by atoms with van der Waals surface area (Å²) in [4.78, 5) is 16.1. The van der Waals surface area contributed by atoms with Crippen LogP contribution in [0.2, 0.25) is 5.02 Å². The van der Waals surface area contributed by atoms with Crippen LogP contribution in [0.4, 0.5) is 4.39 Å². The highest BCUT2D eigenvalue weighted by molar-refractivity contribution is 6.31. The number of hydrogen-bond donors (Lipinski definition) is 1. The maximum atomic E-state index is 13.8. The van der Waals surface area contributed by atoms with E-state index in [1.807, 2.05) is 6.92 Å². The first-order valence-electron chi connectivity index (χ1n) is 7.64. The summed E-state index contributed by atoms with van der Waals surface area (Å²) in [6.45, 7) is 4.14. The van der Waals surface area contributed by atoms with E-state index in [0.29, 0.717) is 17.9 Å². The maximum Gasteiger partial charge on any atom is 0.344 e. The Balaban J connectivity index is 2.30. The van der Waals surface area contributed by atoms with E-state index in [-0.39, 0.29) is 17.4 Å². The molecule has 8 heteroatoms. The average molecular weight is 360 g/mol. The van der Waals surface area contributed by atoms with Gasteiger partial charge in [0.15, 0.2) is 6.10 Å². The smallest absolute Gasteiger partial charge is 0.344 e. The average Bonchev–Trinajstić information content (AvgIpc) is 2.99. The van der Waals surface area contributed by atoms with Crippen LogP contribution in [0.5, 0.6) is 5.75 Å². The van der Waals surface area contributed by atoms with E-state index in [4.69, 9.17) is 31.0 Å². The van der Waals surface area contributed by atoms with Crippen molar-refractivity contribution in [2.75, 3.05) is 13.2 Å². The van der Waals surface area contributed by atoms with Crippen molar-refractivity contribution >= 4 is 23.3 Å². The number of carboxylic acid groups (broad SMARTS) is 1. The summed E-state index contributed by atoms with van der Waals surface area (Å²) in [5.41, 5.74) is 0.758. The molecular formula is C16H19ClFNO5. The lowest BCUT2D eigenvalue weighted by molar-refractivity contribution is -0.144. The van der Waals surface area contributed by atoms with Crippen LogP contribution in [0, 0.1) is 5.82 Å². The van der Waals surface area contributed by atoms with Gasteiger partial charge in [0.2, 0.25) is 0 Å². The first-order valence-corrected chi connectivity index (χ1v) is 8.02. The van der Waals surface area contributed by atoms with Crippen LogP contribution in [-0.2, 0) is 14.4 Å². The van der Waals surface area contributed by atoms with Gasteiger partial charge in [0.1, 0.15) is 30.0 Å². The van der Waals surface area contributed by atoms with E-state index in [0.717, 1.165) is 18.9 Å². The minimum absolute atomic E-state index is 0.0279. The fourth-order valence-electron chi connectivity index (χ4n) is 2.10. The largest absolute Gasteiger partial charge is 0.479 e. The summed E-state index contributed by atoms with van der Waals surface area (Å²) in [5.74, 6) is -1.85. The quantitative estimate of drug-likeness (QED) is 0.721. The monoisotopic (exact) mass is 359 g/mol. The van der Waals surface area contributed by atoms with Crippen molar-refractivity contribution in [3.05, 3.63) is 28.5 Å². The maximum absolute atomic E-state index is 13.8. The van der Waals surface area contributed by atoms with Gasteiger partial charge >= 0.3 is 5.97 Å². The molecule has 0 saturated heterocycles. The highest BCUT2D eigenvalue weighted by Gasteiger charge is 2.30. The Kier molecular flexibility index (Phi) is 6.39. The van der Waals surface area contributed by atoms with E-state index in [1.165, 1.54) is 13.0 Å². The number of unbranched alkanes of at least 4 members (excludes halogenated alkanes) is 1. The summed E-state index contributed by atoms with van der Waals surface area (Å²) < 4.78 is 24.8. The number of carbonyl (C=O) groups is 1. The van der Waals surface area contributed by atoms with E-state index < -0.39 is 24.0 Å². The molecule has 0 aliphatic carbocycles. The fourth-order valence-corrected chi connectivity index (χ4v) is 2.26. The van der Waals surface area contributed by atoms with Gasteiger partial charge in [0.25, 0.3) is 0 Å². The molecule has 1 aliphatic heterocycles. The van der Waals surface area contributed by atoms with Crippen LogP contribution >= 0.6 is 11.6 Å². The third-order valence-electron chi connectivity index (χ3n) is 3.46. The van der Waals surface area contributed by atoms with E-state index in [9.17, 15) is 9.18 Å². The summed E-state index contributed by atoms with van der Waals surface area (Å²) in [7, 11) is 0. The van der Waals surface area contributed by atoms with Crippen molar-refractivity contribution in [3.63, 3.8) is 0 Å². The lowest BCUT2D eigenvalue weighted by atomic mass is 10.0. The molecule has 24 heavy (non-hydrogen) atoms. The topological polar surface area (TPSA) is 77.3 Å². The van der Waals surface area contributed by atoms with Gasteiger partial charge < -0.3 is 19.4 Å². The third kappa shape index (κ3) is 4.36. The fraction of sp³-hybridized carbons (Fsp3) is 0.500. The molecule has 1 aromatic carbocycles. The number of hydrogen-bond acceptors (Lipinski definition) is 5. The van der Waals surface area contributed by atoms with Gasteiger partial charge in [-0.05, 0) is 19.4 Å². The summed E-state index contributed by atoms with van der Waals surface area (Å²) in [6.07, 6.45) is 0.257. The Bertz CT molecular complexity index is 637. The molecular weight excluding hydrogens is 341 g/mol. The Morgan fingerprint density at radius 3 is 3.00 bits per heavy atom. The first kappa shape index (κ1) is 18.5. The van der Waals surface area contributed by atoms with Gasteiger partial charge in [-0.1, -0.05) is 30.1 Å². The summed E-state index contributed by atoms with van der Waals surface area (Å²) in [6, 6.07) is 2.38. The molecule has 132 valence electrons.